The predicted octanol–water partition coefficient (Wildman–Crippen LogP) is 3.13. The fourth-order valence-electron chi connectivity index (χ4n) is 4.22. The Hall–Kier alpha value is -2.67. The van der Waals surface area contributed by atoms with Gasteiger partial charge in [-0.05, 0) is 62.1 Å². The number of benzene rings is 1. The van der Waals surface area contributed by atoms with E-state index in [1.54, 1.807) is 12.4 Å². The van der Waals surface area contributed by atoms with E-state index in [4.69, 9.17) is 9.47 Å². The number of likely N-dealkylation sites (tertiary alicyclic amines) is 2. The molecule has 1 aromatic heterocycles. The maximum absolute atomic E-state index is 12.9. The van der Waals surface area contributed by atoms with Crippen molar-refractivity contribution < 1.29 is 18.7 Å². The Bertz CT molecular complexity index is 802. The molecule has 0 unspecified atom stereocenters. The summed E-state index contributed by atoms with van der Waals surface area (Å²) in [5.41, 5.74) is 0. The highest BCUT2D eigenvalue weighted by atomic mass is 19.1. The van der Waals surface area contributed by atoms with Gasteiger partial charge in [-0.3, -0.25) is 14.7 Å². The van der Waals surface area contributed by atoms with Gasteiger partial charge < -0.3 is 14.4 Å². The Morgan fingerprint density at radius 3 is 2.27 bits per heavy atom. The Morgan fingerprint density at radius 2 is 1.60 bits per heavy atom. The number of hydrogen-bond donors (Lipinski definition) is 0. The van der Waals surface area contributed by atoms with E-state index in [1.165, 1.54) is 24.3 Å². The number of hydrogen-bond acceptors (Lipinski definition) is 5. The molecule has 6 nitrogen and oxygen atoms in total. The zero-order chi connectivity index (χ0) is 20.8. The van der Waals surface area contributed by atoms with Crippen molar-refractivity contribution in [2.45, 2.75) is 37.8 Å². The zero-order valence-corrected chi connectivity index (χ0v) is 17.1. The molecular weight excluding hydrogens is 385 g/mol. The molecule has 0 bridgehead atoms. The molecular formula is C23H28FN3O3. The number of halogens is 1. The van der Waals surface area contributed by atoms with Crippen LogP contribution in [0, 0.1) is 5.82 Å². The van der Waals surface area contributed by atoms with E-state index in [2.05, 4.69) is 9.88 Å². The van der Waals surface area contributed by atoms with Crippen LogP contribution in [0.15, 0.2) is 48.8 Å². The maximum atomic E-state index is 12.9. The first kappa shape index (κ1) is 20.6. The summed E-state index contributed by atoms with van der Waals surface area (Å²) < 4.78 is 24.5. The molecule has 0 N–H and O–H groups in total. The first-order valence-electron chi connectivity index (χ1n) is 10.6. The fourth-order valence-corrected chi connectivity index (χ4v) is 4.22. The predicted molar refractivity (Wildman–Crippen MR) is 111 cm³/mol. The first-order chi connectivity index (χ1) is 14.7. The smallest absolute Gasteiger partial charge is 0.260 e. The van der Waals surface area contributed by atoms with Crippen LogP contribution in [0.2, 0.25) is 0 Å². The third-order valence-corrected chi connectivity index (χ3v) is 5.94. The molecule has 4 rings (SSSR count). The lowest BCUT2D eigenvalue weighted by Crippen LogP contribution is -2.50. The molecule has 2 aromatic rings. The molecule has 2 saturated heterocycles. The molecule has 1 aromatic carbocycles. The highest BCUT2D eigenvalue weighted by Gasteiger charge is 2.30. The van der Waals surface area contributed by atoms with Gasteiger partial charge in [0.1, 0.15) is 23.4 Å². The van der Waals surface area contributed by atoms with Crippen molar-refractivity contribution in [2.24, 2.45) is 0 Å². The molecule has 0 radical (unpaired) electrons. The van der Waals surface area contributed by atoms with Crippen molar-refractivity contribution in [1.29, 1.82) is 0 Å². The Balaban J connectivity index is 1.16. The minimum Gasteiger partial charge on any atom is -0.490 e. The third kappa shape index (κ3) is 5.48. The van der Waals surface area contributed by atoms with Crippen LogP contribution >= 0.6 is 0 Å². The van der Waals surface area contributed by atoms with Crippen LogP contribution < -0.4 is 9.47 Å². The number of carbonyl (C=O) groups is 1. The summed E-state index contributed by atoms with van der Waals surface area (Å²) in [5, 5.41) is 0. The average Bonchev–Trinajstić information content (AvgIpc) is 2.80. The molecule has 1 amide bonds. The number of nitrogens with zero attached hydrogens (tertiary/aromatic N) is 3. The molecule has 3 heterocycles. The van der Waals surface area contributed by atoms with Gasteiger partial charge in [0.25, 0.3) is 5.91 Å². The molecule has 0 spiro atoms. The largest absolute Gasteiger partial charge is 0.490 e. The molecule has 2 aliphatic heterocycles. The van der Waals surface area contributed by atoms with E-state index >= 15 is 0 Å². The molecule has 2 aliphatic rings. The van der Waals surface area contributed by atoms with Gasteiger partial charge in [-0.2, -0.15) is 0 Å². The number of piperidine rings is 2. The number of rotatable bonds is 6. The third-order valence-electron chi connectivity index (χ3n) is 5.94. The minimum atomic E-state index is -0.316. The van der Waals surface area contributed by atoms with Gasteiger partial charge in [0.2, 0.25) is 0 Å². The number of ether oxygens (including phenoxy) is 2. The Labute approximate surface area is 176 Å². The summed E-state index contributed by atoms with van der Waals surface area (Å²) in [4.78, 5) is 20.9. The van der Waals surface area contributed by atoms with Crippen LogP contribution in [0.4, 0.5) is 4.39 Å². The second-order valence-electron chi connectivity index (χ2n) is 7.89. The summed E-state index contributed by atoms with van der Waals surface area (Å²) in [6.07, 6.45) is 7.78. The van der Waals surface area contributed by atoms with Crippen LogP contribution in [0.3, 0.4) is 0 Å². The molecule has 30 heavy (non-hydrogen) atoms. The van der Waals surface area contributed by atoms with Gasteiger partial charge in [0.15, 0.2) is 6.61 Å². The first-order valence-corrected chi connectivity index (χ1v) is 10.6. The highest BCUT2D eigenvalue weighted by molar-refractivity contribution is 5.77. The van der Waals surface area contributed by atoms with E-state index in [0.29, 0.717) is 11.8 Å². The van der Waals surface area contributed by atoms with Gasteiger partial charge in [-0.25, -0.2) is 4.39 Å². The second kappa shape index (κ2) is 9.89. The van der Waals surface area contributed by atoms with Crippen LogP contribution in [-0.4, -0.2) is 65.6 Å². The number of carbonyl (C=O) groups excluding carboxylic acids is 1. The molecule has 2 fully saturated rings. The van der Waals surface area contributed by atoms with Gasteiger partial charge in [-0.15, -0.1) is 0 Å². The number of aromatic nitrogens is 1. The van der Waals surface area contributed by atoms with Gasteiger partial charge >= 0.3 is 0 Å². The summed E-state index contributed by atoms with van der Waals surface area (Å²) in [7, 11) is 0. The SMILES string of the molecule is O=C(COc1ccc(F)cc1)N1CCC(N2CCC(Oc3ccncc3)CC2)CC1. The fraction of sp³-hybridized carbons (Fsp3) is 0.478. The van der Waals surface area contributed by atoms with E-state index in [9.17, 15) is 9.18 Å². The standard InChI is InChI=1S/C23H28FN3O3/c24-18-1-3-20(4-2-18)29-17-23(28)27-13-7-19(8-14-27)26-15-9-22(10-16-26)30-21-5-11-25-12-6-21/h1-6,11-12,19,22H,7-10,13-17H2. The van der Waals surface area contributed by atoms with Crippen molar-refractivity contribution >= 4 is 5.91 Å². The summed E-state index contributed by atoms with van der Waals surface area (Å²) in [6.45, 7) is 3.56. The van der Waals surface area contributed by atoms with E-state index < -0.39 is 0 Å². The Morgan fingerprint density at radius 1 is 0.933 bits per heavy atom. The molecule has 0 saturated carbocycles. The zero-order valence-electron chi connectivity index (χ0n) is 17.1. The lowest BCUT2D eigenvalue weighted by molar-refractivity contribution is -0.135. The molecule has 160 valence electrons. The van der Waals surface area contributed by atoms with Crippen molar-refractivity contribution in [1.82, 2.24) is 14.8 Å². The monoisotopic (exact) mass is 413 g/mol. The lowest BCUT2D eigenvalue weighted by atomic mass is 9.99. The summed E-state index contributed by atoms with van der Waals surface area (Å²) in [6, 6.07) is 10.1. The minimum absolute atomic E-state index is 0.00591. The maximum Gasteiger partial charge on any atom is 0.260 e. The average molecular weight is 413 g/mol. The topological polar surface area (TPSA) is 54.9 Å². The van der Waals surface area contributed by atoms with Crippen molar-refractivity contribution in [3.05, 3.63) is 54.6 Å². The second-order valence-corrected chi connectivity index (χ2v) is 7.89. The Kier molecular flexibility index (Phi) is 6.79. The van der Waals surface area contributed by atoms with Crippen LogP contribution in [-0.2, 0) is 4.79 Å². The summed E-state index contributed by atoms with van der Waals surface area (Å²) in [5.74, 6) is 1.07. The van der Waals surface area contributed by atoms with Crippen molar-refractivity contribution in [2.75, 3.05) is 32.8 Å². The molecule has 0 aliphatic carbocycles. The summed E-state index contributed by atoms with van der Waals surface area (Å²) >= 11 is 0. The molecule has 0 atom stereocenters. The van der Waals surface area contributed by atoms with E-state index in [1.807, 2.05) is 17.0 Å². The number of amides is 1. The van der Waals surface area contributed by atoms with Gasteiger partial charge in [0.05, 0.1) is 0 Å². The van der Waals surface area contributed by atoms with Crippen LogP contribution in [0.1, 0.15) is 25.7 Å². The van der Waals surface area contributed by atoms with Crippen molar-refractivity contribution in [3.63, 3.8) is 0 Å². The van der Waals surface area contributed by atoms with E-state index in [0.717, 1.165) is 57.6 Å². The van der Waals surface area contributed by atoms with Gasteiger partial charge in [0, 0.05) is 44.6 Å². The lowest BCUT2D eigenvalue weighted by Gasteiger charge is -2.41. The normalized spacial score (nSPS) is 18.9. The van der Waals surface area contributed by atoms with Crippen LogP contribution in [0.5, 0.6) is 11.5 Å². The number of pyridine rings is 1. The quantitative estimate of drug-likeness (QED) is 0.728. The molecule has 7 heteroatoms. The van der Waals surface area contributed by atoms with E-state index in [-0.39, 0.29) is 24.4 Å². The van der Waals surface area contributed by atoms with Crippen LogP contribution in [0.25, 0.3) is 0 Å². The van der Waals surface area contributed by atoms with Gasteiger partial charge in [-0.1, -0.05) is 0 Å². The highest BCUT2D eigenvalue weighted by Crippen LogP contribution is 2.24. The van der Waals surface area contributed by atoms with Crippen molar-refractivity contribution in [3.8, 4) is 11.5 Å².